The average Bonchev–Trinajstić information content (AvgIpc) is 2.36. The number of benzene rings is 1. The Morgan fingerprint density at radius 2 is 2.38 bits per heavy atom. The lowest BCUT2D eigenvalue weighted by Gasteiger charge is -2.21. The fourth-order valence-corrected chi connectivity index (χ4v) is 1.69. The van der Waals surface area contributed by atoms with Gasteiger partial charge >= 0.3 is 0 Å². The van der Waals surface area contributed by atoms with E-state index in [9.17, 15) is 5.11 Å². The molecule has 16 heavy (non-hydrogen) atoms. The van der Waals surface area contributed by atoms with Crippen LogP contribution in [0.3, 0.4) is 0 Å². The van der Waals surface area contributed by atoms with Crippen LogP contribution in [0.15, 0.2) is 12.1 Å². The molecule has 0 aromatic heterocycles. The second kappa shape index (κ2) is 4.69. The van der Waals surface area contributed by atoms with Gasteiger partial charge in [0, 0.05) is 17.7 Å². The summed E-state index contributed by atoms with van der Waals surface area (Å²) in [6.45, 7) is 0.869. The first-order valence-electron chi connectivity index (χ1n) is 5.05. The van der Waals surface area contributed by atoms with Crippen LogP contribution < -0.4 is 15.2 Å². The van der Waals surface area contributed by atoms with Gasteiger partial charge in [0.05, 0.1) is 19.8 Å². The highest BCUT2D eigenvalue weighted by Crippen LogP contribution is 2.34. The van der Waals surface area contributed by atoms with E-state index in [1.165, 1.54) is 0 Å². The lowest BCUT2D eigenvalue weighted by molar-refractivity contribution is -0.0167. The molecule has 0 bridgehead atoms. The van der Waals surface area contributed by atoms with Crippen molar-refractivity contribution in [3.8, 4) is 11.5 Å². The van der Waals surface area contributed by atoms with Crippen molar-refractivity contribution < 1.29 is 19.3 Å². The standard InChI is InChI=1S/C11H15NO4/c1-14-11-2-7-5-15-6-16-10(7)3-8(11)9(13)4-12/h2-3,9,13H,4-6,12H2,1H3. The largest absolute Gasteiger partial charge is 0.496 e. The zero-order valence-electron chi connectivity index (χ0n) is 9.10. The molecule has 5 heteroatoms. The van der Waals surface area contributed by atoms with E-state index in [0.29, 0.717) is 17.9 Å². The fraction of sp³-hybridized carbons (Fsp3) is 0.455. The Labute approximate surface area is 93.7 Å². The SMILES string of the molecule is COc1cc2c(cc1C(O)CN)OCOC2. The van der Waals surface area contributed by atoms with Crippen LogP contribution in [0.25, 0.3) is 0 Å². The van der Waals surface area contributed by atoms with E-state index in [1.54, 1.807) is 13.2 Å². The summed E-state index contributed by atoms with van der Waals surface area (Å²) in [7, 11) is 1.55. The topological polar surface area (TPSA) is 73.9 Å². The van der Waals surface area contributed by atoms with Crippen LogP contribution in [-0.2, 0) is 11.3 Å². The molecule has 1 heterocycles. The van der Waals surface area contributed by atoms with Crippen molar-refractivity contribution in [1.82, 2.24) is 0 Å². The molecule has 0 fully saturated rings. The Kier molecular flexibility index (Phi) is 3.28. The highest BCUT2D eigenvalue weighted by Gasteiger charge is 2.18. The molecular formula is C11H15NO4. The van der Waals surface area contributed by atoms with Gasteiger partial charge in [0.15, 0.2) is 6.79 Å². The van der Waals surface area contributed by atoms with Crippen molar-refractivity contribution in [2.24, 2.45) is 5.73 Å². The van der Waals surface area contributed by atoms with Crippen LogP contribution in [-0.4, -0.2) is 25.6 Å². The minimum Gasteiger partial charge on any atom is -0.496 e. The summed E-state index contributed by atoms with van der Waals surface area (Å²) in [4.78, 5) is 0. The Morgan fingerprint density at radius 3 is 3.06 bits per heavy atom. The molecule has 3 N–H and O–H groups in total. The van der Waals surface area contributed by atoms with E-state index in [-0.39, 0.29) is 13.3 Å². The fourth-order valence-electron chi connectivity index (χ4n) is 1.69. The maximum Gasteiger partial charge on any atom is 0.189 e. The first kappa shape index (κ1) is 11.2. The van der Waals surface area contributed by atoms with Crippen molar-refractivity contribution in [2.75, 3.05) is 20.4 Å². The van der Waals surface area contributed by atoms with E-state index in [4.69, 9.17) is 19.9 Å². The molecule has 1 aromatic rings. The minimum atomic E-state index is -0.744. The monoisotopic (exact) mass is 225 g/mol. The smallest absolute Gasteiger partial charge is 0.189 e. The van der Waals surface area contributed by atoms with Crippen molar-refractivity contribution in [2.45, 2.75) is 12.7 Å². The maximum absolute atomic E-state index is 9.75. The zero-order chi connectivity index (χ0) is 11.5. The van der Waals surface area contributed by atoms with Gasteiger partial charge in [-0.25, -0.2) is 0 Å². The Morgan fingerprint density at radius 1 is 1.56 bits per heavy atom. The number of hydrogen-bond donors (Lipinski definition) is 2. The molecule has 1 aliphatic heterocycles. The molecule has 1 unspecified atom stereocenters. The number of aliphatic hydroxyl groups excluding tert-OH is 1. The van der Waals surface area contributed by atoms with Gasteiger partial charge in [0.25, 0.3) is 0 Å². The molecule has 0 amide bonds. The first-order valence-corrected chi connectivity index (χ1v) is 5.05. The van der Waals surface area contributed by atoms with E-state index < -0.39 is 6.10 Å². The molecule has 1 atom stereocenters. The molecule has 88 valence electrons. The Hall–Kier alpha value is -1.30. The third-order valence-corrected chi connectivity index (χ3v) is 2.55. The second-order valence-electron chi connectivity index (χ2n) is 3.56. The van der Waals surface area contributed by atoms with Gasteiger partial charge in [-0.1, -0.05) is 0 Å². The third-order valence-electron chi connectivity index (χ3n) is 2.55. The summed E-state index contributed by atoms with van der Waals surface area (Å²) in [5, 5.41) is 9.75. The predicted octanol–water partition coefficient (Wildman–Crippen LogP) is 0.554. The third kappa shape index (κ3) is 1.97. The first-order chi connectivity index (χ1) is 7.76. The normalized spacial score (nSPS) is 16.2. The van der Waals surface area contributed by atoms with Crippen molar-refractivity contribution >= 4 is 0 Å². The number of nitrogens with two attached hydrogens (primary N) is 1. The summed E-state index contributed by atoms with van der Waals surface area (Å²) < 4.78 is 15.7. The Bertz CT molecular complexity index is 380. The van der Waals surface area contributed by atoms with Crippen LogP contribution >= 0.6 is 0 Å². The van der Waals surface area contributed by atoms with E-state index in [0.717, 1.165) is 11.3 Å². The molecule has 0 saturated heterocycles. The van der Waals surface area contributed by atoms with Gasteiger partial charge in [-0.2, -0.15) is 0 Å². The number of hydrogen-bond acceptors (Lipinski definition) is 5. The molecular weight excluding hydrogens is 210 g/mol. The quantitative estimate of drug-likeness (QED) is 0.786. The molecule has 0 saturated carbocycles. The van der Waals surface area contributed by atoms with E-state index >= 15 is 0 Å². The van der Waals surface area contributed by atoms with Crippen LogP contribution in [0.5, 0.6) is 11.5 Å². The lowest BCUT2D eigenvalue weighted by atomic mass is 10.0. The van der Waals surface area contributed by atoms with Crippen LogP contribution in [0, 0.1) is 0 Å². The second-order valence-corrected chi connectivity index (χ2v) is 3.56. The van der Waals surface area contributed by atoms with Crippen molar-refractivity contribution in [3.05, 3.63) is 23.3 Å². The summed E-state index contributed by atoms with van der Waals surface area (Å²) in [6.07, 6.45) is -0.744. The highest BCUT2D eigenvalue weighted by atomic mass is 16.7. The van der Waals surface area contributed by atoms with Gasteiger partial charge in [-0.3, -0.25) is 0 Å². The van der Waals surface area contributed by atoms with Crippen molar-refractivity contribution in [1.29, 1.82) is 0 Å². The van der Waals surface area contributed by atoms with Crippen molar-refractivity contribution in [3.63, 3.8) is 0 Å². The van der Waals surface area contributed by atoms with Crippen LogP contribution in [0.2, 0.25) is 0 Å². The summed E-state index contributed by atoms with van der Waals surface area (Å²) in [6, 6.07) is 3.57. The van der Waals surface area contributed by atoms with Gasteiger partial charge in [-0.05, 0) is 12.1 Å². The summed E-state index contributed by atoms with van der Waals surface area (Å²) >= 11 is 0. The lowest BCUT2D eigenvalue weighted by Crippen LogP contribution is -2.16. The number of aliphatic hydroxyl groups is 1. The van der Waals surface area contributed by atoms with E-state index in [1.807, 2.05) is 6.07 Å². The number of methoxy groups -OCH3 is 1. The highest BCUT2D eigenvalue weighted by molar-refractivity contribution is 5.47. The average molecular weight is 225 g/mol. The number of rotatable bonds is 3. The van der Waals surface area contributed by atoms with Crippen LogP contribution in [0.1, 0.15) is 17.2 Å². The number of ether oxygens (including phenoxy) is 3. The molecule has 0 radical (unpaired) electrons. The Balaban J connectivity index is 2.43. The van der Waals surface area contributed by atoms with Gasteiger partial charge in [-0.15, -0.1) is 0 Å². The minimum absolute atomic E-state index is 0.144. The number of fused-ring (bicyclic) bond motifs is 1. The van der Waals surface area contributed by atoms with Gasteiger partial charge < -0.3 is 25.1 Å². The molecule has 1 aliphatic rings. The van der Waals surface area contributed by atoms with Gasteiger partial charge in [0.2, 0.25) is 0 Å². The van der Waals surface area contributed by atoms with E-state index in [2.05, 4.69) is 0 Å². The molecule has 0 aliphatic carbocycles. The van der Waals surface area contributed by atoms with Gasteiger partial charge in [0.1, 0.15) is 11.5 Å². The summed E-state index contributed by atoms with van der Waals surface area (Å²) in [5.41, 5.74) is 6.99. The molecule has 2 rings (SSSR count). The zero-order valence-corrected chi connectivity index (χ0v) is 9.10. The predicted molar refractivity (Wildman–Crippen MR) is 57.3 cm³/mol. The molecule has 1 aromatic carbocycles. The molecule has 5 nitrogen and oxygen atoms in total. The summed E-state index contributed by atoms with van der Waals surface area (Å²) in [5.74, 6) is 1.32. The van der Waals surface area contributed by atoms with Crippen LogP contribution in [0.4, 0.5) is 0 Å². The maximum atomic E-state index is 9.75. The molecule has 0 spiro atoms.